The molecule has 1 aliphatic rings. The van der Waals surface area contributed by atoms with E-state index in [4.69, 9.17) is 9.47 Å². The molecule has 116 valence electrons. The Labute approximate surface area is 135 Å². The Morgan fingerprint density at radius 2 is 1.57 bits per heavy atom. The van der Waals surface area contributed by atoms with Crippen LogP contribution in [0.1, 0.15) is 55.3 Å². The van der Waals surface area contributed by atoms with Gasteiger partial charge in [-0.05, 0) is 40.9 Å². The molecule has 1 aromatic rings. The first-order valence-electron chi connectivity index (χ1n) is 7.63. The van der Waals surface area contributed by atoms with E-state index in [1.54, 1.807) is 20.3 Å². The first-order chi connectivity index (χ1) is 10.2. The highest BCUT2D eigenvalue weighted by Gasteiger charge is 2.24. The van der Waals surface area contributed by atoms with Gasteiger partial charge in [0.2, 0.25) is 0 Å². The fourth-order valence-electron chi connectivity index (χ4n) is 2.99. The lowest BCUT2D eigenvalue weighted by Crippen LogP contribution is -2.17. The summed E-state index contributed by atoms with van der Waals surface area (Å²) in [4.78, 5) is 12.9. The lowest BCUT2D eigenvalue weighted by molar-refractivity contribution is 0.0895. The smallest absolute Gasteiger partial charge is 0.169 e. The summed E-state index contributed by atoms with van der Waals surface area (Å²) < 4.78 is 11.5. The molecule has 0 N–H and O–H groups in total. The van der Waals surface area contributed by atoms with Crippen molar-refractivity contribution in [3.63, 3.8) is 0 Å². The summed E-state index contributed by atoms with van der Waals surface area (Å²) in [5.74, 6) is 1.60. The van der Waals surface area contributed by atoms with Gasteiger partial charge in [0.25, 0.3) is 0 Å². The molecule has 0 spiro atoms. The zero-order chi connectivity index (χ0) is 15.2. The summed E-state index contributed by atoms with van der Waals surface area (Å²) in [6, 6.07) is 3.61. The number of ketones is 1. The van der Waals surface area contributed by atoms with Gasteiger partial charge in [-0.25, -0.2) is 0 Å². The molecule has 0 saturated heterocycles. The van der Waals surface area contributed by atoms with E-state index in [1.165, 1.54) is 19.3 Å². The van der Waals surface area contributed by atoms with E-state index in [1.807, 2.05) is 6.07 Å². The number of carbonyl (C=O) groups is 1. The lowest BCUT2D eigenvalue weighted by Gasteiger charge is -2.20. The second-order valence-electron chi connectivity index (χ2n) is 5.59. The second-order valence-corrected chi connectivity index (χ2v) is 6.45. The molecule has 0 amide bonds. The fourth-order valence-corrected chi connectivity index (χ4v) is 3.48. The van der Waals surface area contributed by atoms with E-state index in [0.717, 1.165) is 30.2 Å². The quantitative estimate of drug-likeness (QED) is 0.713. The predicted molar refractivity (Wildman–Crippen MR) is 87.4 cm³/mol. The van der Waals surface area contributed by atoms with Gasteiger partial charge in [-0.2, -0.15) is 0 Å². The molecule has 1 fully saturated rings. The average Bonchev–Trinajstić information content (AvgIpc) is 2.46. The fraction of sp³-hybridized carbons (Fsp3) is 0.588. The molecule has 0 radical (unpaired) electrons. The average molecular weight is 355 g/mol. The van der Waals surface area contributed by atoms with Crippen LogP contribution in [0.3, 0.4) is 0 Å². The lowest BCUT2D eigenvalue weighted by atomic mass is 9.85. The third kappa shape index (κ3) is 4.00. The summed E-state index contributed by atoms with van der Waals surface area (Å²) in [5.41, 5.74) is 0.642. The van der Waals surface area contributed by atoms with Crippen molar-refractivity contribution < 1.29 is 14.3 Å². The van der Waals surface area contributed by atoms with Crippen molar-refractivity contribution in [3.05, 3.63) is 22.2 Å². The van der Waals surface area contributed by atoms with Gasteiger partial charge in [0, 0.05) is 5.92 Å². The minimum Gasteiger partial charge on any atom is -0.496 e. The Kier molecular flexibility index (Phi) is 6.09. The van der Waals surface area contributed by atoms with Crippen molar-refractivity contribution in [2.75, 3.05) is 14.2 Å². The van der Waals surface area contributed by atoms with Crippen LogP contribution in [0.5, 0.6) is 11.5 Å². The van der Waals surface area contributed by atoms with Crippen molar-refractivity contribution in [2.24, 2.45) is 5.92 Å². The van der Waals surface area contributed by atoms with Crippen LogP contribution in [0, 0.1) is 5.92 Å². The third-order valence-electron chi connectivity index (χ3n) is 4.22. The minimum absolute atomic E-state index is 0.116. The predicted octanol–water partition coefficient (Wildman–Crippen LogP) is 5.01. The summed E-state index contributed by atoms with van der Waals surface area (Å²) in [7, 11) is 3.21. The first kappa shape index (κ1) is 16.3. The zero-order valence-corrected chi connectivity index (χ0v) is 14.4. The number of hydrogen-bond donors (Lipinski definition) is 0. The van der Waals surface area contributed by atoms with Crippen LogP contribution >= 0.6 is 15.9 Å². The van der Waals surface area contributed by atoms with Crippen LogP contribution in [0.2, 0.25) is 0 Å². The summed E-state index contributed by atoms with van der Waals surface area (Å²) in [5, 5.41) is 0. The van der Waals surface area contributed by atoms with Crippen molar-refractivity contribution in [2.45, 2.75) is 44.9 Å². The van der Waals surface area contributed by atoms with Crippen LogP contribution in [0.25, 0.3) is 0 Å². The number of hydrogen-bond acceptors (Lipinski definition) is 3. The number of halogens is 1. The molecule has 0 unspecified atom stereocenters. The van der Waals surface area contributed by atoms with Gasteiger partial charge in [-0.15, -0.1) is 0 Å². The Morgan fingerprint density at radius 3 is 2.14 bits per heavy atom. The topological polar surface area (TPSA) is 35.5 Å². The molecule has 3 nitrogen and oxygen atoms in total. The SMILES string of the molecule is COc1cc(C(=O)C2CCCCCCC2)c(OC)cc1Br. The monoisotopic (exact) mass is 354 g/mol. The molecular formula is C17H23BrO3. The zero-order valence-electron chi connectivity index (χ0n) is 12.8. The van der Waals surface area contributed by atoms with Crippen molar-refractivity contribution in [3.8, 4) is 11.5 Å². The standard InChI is InChI=1S/C17H23BrO3/c1-20-15-11-14(18)16(21-2)10-13(15)17(19)12-8-6-4-3-5-7-9-12/h10-12H,3-9H2,1-2H3. The molecule has 0 bridgehead atoms. The second kappa shape index (κ2) is 7.83. The molecule has 21 heavy (non-hydrogen) atoms. The van der Waals surface area contributed by atoms with Crippen molar-refractivity contribution in [1.82, 2.24) is 0 Å². The number of rotatable bonds is 4. The Balaban J connectivity index is 2.27. The maximum absolute atomic E-state index is 12.9. The van der Waals surface area contributed by atoms with Gasteiger partial charge in [0.1, 0.15) is 11.5 Å². The molecule has 2 rings (SSSR count). The van der Waals surface area contributed by atoms with Crippen LogP contribution in [0.15, 0.2) is 16.6 Å². The third-order valence-corrected chi connectivity index (χ3v) is 4.84. The molecule has 0 heterocycles. The minimum atomic E-state index is 0.116. The highest BCUT2D eigenvalue weighted by atomic mass is 79.9. The van der Waals surface area contributed by atoms with Gasteiger partial charge >= 0.3 is 0 Å². The van der Waals surface area contributed by atoms with Crippen molar-refractivity contribution in [1.29, 1.82) is 0 Å². The number of ether oxygens (including phenoxy) is 2. The number of methoxy groups -OCH3 is 2. The number of Topliss-reactive ketones (excluding diaryl/α,β-unsaturated/α-hetero) is 1. The first-order valence-corrected chi connectivity index (χ1v) is 8.42. The van der Waals surface area contributed by atoms with Crippen molar-refractivity contribution >= 4 is 21.7 Å². The summed E-state index contributed by atoms with van der Waals surface area (Å²) in [6.45, 7) is 0. The maximum atomic E-state index is 12.9. The van der Waals surface area contributed by atoms with Gasteiger partial charge in [0.15, 0.2) is 5.78 Å². The molecule has 1 saturated carbocycles. The molecular weight excluding hydrogens is 332 g/mol. The van der Waals surface area contributed by atoms with Gasteiger partial charge in [-0.3, -0.25) is 4.79 Å². The Bertz CT molecular complexity index is 491. The molecule has 4 heteroatoms. The van der Waals surface area contributed by atoms with Crippen LogP contribution in [-0.4, -0.2) is 20.0 Å². The largest absolute Gasteiger partial charge is 0.496 e. The van der Waals surface area contributed by atoms with Crippen LogP contribution < -0.4 is 9.47 Å². The van der Waals surface area contributed by atoms with E-state index in [9.17, 15) is 4.79 Å². The van der Waals surface area contributed by atoms with Gasteiger partial charge in [-0.1, -0.05) is 32.1 Å². The Morgan fingerprint density at radius 1 is 1.00 bits per heavy atom. The normalized spacial score (nSPS) is 16.9. The van der Waals surface area contributed by atoms with E-state index >= 15 is 0 Å². The summed E-state index contributed by atoms with van der Waals surface area (Å²) >= 11 is 3.43. The maximum Gasteiger partial charge on any atom is 0.169 e. The van der Waals surface area contributed by atoms with E-state index in [0.29, 0.717) is 17.1 Å². The molecule has 1 aromatic carbocycles. The molecule has 0 aromatic heterocycles. The van der Waals surface area contributed by atoms with Crippen LogP contribution in [0.4, 0.5) is 0 Å². The molecule has 1 aliphatic carbocycles. The Hall–Kier alpha value is -1.03. The molecule has 0 atom stereocenters. The van der Waals surface area contributed by atoms with E-state index < -0.39 is 0 Å². The van der Waals surface area contributed by atoms with E-state index in [2.05, 4.69) is 15.9 Å². The number of carbonyl (C=O) groups excluding carboxylic acids is 1. The highest BCUT2D eigenvalue weighted by molar-refractivity contribution is 9.10. The summed E-state index contributed by atoms with van der Waals surface area (Å²) in [6.07, 6.45) is 8.05. The van der Waals surface area contributed by atoms with Gasteiger partial charge < -0.3 is 9.47 Å². The number of benzene rings is 1. The van der Waals surface area contributed by atoms with E-state index in [-0.39, 0.29) is 11.7 Å². The highest BCUT2D eigenvalue weighted by Crippen LogP contribution is 2.35. The van der Waals surface area contributed by atoms with Gasteiger partial charge in [0.05, 0.1) is 24.3 Å². The van der Waals surface area contributed by atoms with Crippen LogP contribution in [-0.2, 0) is 0 Å². The molecule has 0 aliphatic heterocycles.